The second-order valence-corrected chi connectivity index (χ2v) is 7.08. The molecular formula is C22H20N4O6. The molecule has 164 valence electrons. The quantitative estimate of drug-likeness (QED) is 0.395. The topological polar surface area (TPSA) is 155 Å². The number of non-ortho nitro benzene ring substituents is 1. The molecule has 0 spiro atoms. The van der Waals surface area contributed by atoms with Crippen molar-refractivity contribution in [2.75, 3.05) is 0 Å². The molecule has 0 fully saturated rings. The Morgan fingerprint density at radius 3 is 2.19 bits per heavy atom. The summed E-state index contributed by atoms with van der Waals surface area (Å²) >= 11 is 0. The zero-order valence-corrected chi connectivity index (χ0v) is 16.8. The number of H-pyrrole nitrogens is 2. The van der Waals surface area contributed by atoms with Crippen LogP contribution in [0.2, 0.25) is 0 Å². The van der Waals surface area contributed by atoms with Gasteiger partial charge in [0.05, 0.1) is 22.0 Å². The van der Waals surface area contributed by atoms with Crippen LogP contribution in [0, 0.1) is 26.1 Å². The normalized spacial score (nSPS) is 14.9. The molecule has 4 rings (SSSR count). The number of hydrogen-bond acceptors (Lipinski definition) is 6. The standard InChI is InChI=1S/2C11H10N2O3/c2*14-11-6-10(13(15)16)2-1-9(11)5-8-3-4-12-7-8/h1-4,6-7,12,14H,5H2;1-4,6-7,9,12H,5H2. The summed E-state index contributed by atoms with van der Waals surface area (Å²) < 4.78 is 0. The maximum absolute atomic E-state index is 11.6. The summed E-state index contributed by atoms with van der Waals surface area (Å²) in [6.45, 7) is 0. The molecule has 1 aromatic carbocycles. The third kappa shape index (κ3) is 5.79. The number of nitro benzene ring substituents is 1. The molecule has 0 radical (unpaired) electrons. The zero-order chi connectivity index (χ0) is 23.1. The Morgan fingerprint density at radius 1 is 0.969 bits per heavy atom. The van der Waals surface area contributed by atoms with Gasteiger partial charge in [-0.2, -0.15) is 0 Å². The van der Waals surface area contributed by atoms with Gasteiger partial charge < -0.3 is 15.1 Å². The lowest BCUT2D eigenvalue weighted by Crippen LogP contribution is -2.17. The van der Waals surface area contributed by atoms with E-state index in [2.05, 4.69) is 9.97 Å². The van der Waals surface area contributed by atoms with Crippen LogP contribution < -0.4 is 0 Å². The lowest BCUT2D eigenvalue weighted by atomic mass is 9.92. The van der Waals surface area contributed by atoms with E-state index in [0.29, 0.717) is 18.4 Å². The first-order valence-electron chi connectivity index (χ1n) is 9.61. The average Bonchev–Trinajstić information content (AvgIpc) is 3.45. The predicted molar refractivity (Wildman–Crippen MR) is 116 cm³/mol. The summed E-state index contributed by atoms with van der Waals surface area (Å²) in [6.07, 6.45) is 12.4. The third-order valence-corrected chi connectivity index (χ3v) is 4.82. The highest BCUT2D eigenvalue weighted by Gasteiger charge is 2.22. The van der Waals surface area contributed by atoms with Gasteiger partial charge in [0.2, 0.25) is 0 Å². The van der Waals surface area contributed by atoms with Crippen LogP contribution in [0.15, 0.2) is 79.0 Å². The van der Waals surface area contributed by atoms with Gasteiger partial charge in [0.1, 0.15) is 5.75 Å². The zero-order valence-electron chi connectivity index (χ0n) is 16.8. The smallest absolute Gasteiger partial charge is 0.273 e. The fourth-order valence-corrected chi connectivity index (χ4v) is 3.14. The van der Waals surface area contributed by atoms with Crippen LogP contribution >= 0.6 is 0 Å². The second-order valence-electron chi connectivity index (χ2n) is 7.08. The van der Waals surface area contributed by atoms with Gasteiger partial charge in [-0.3, -0.25) is 25.0 Å². The highest BCUT2D eigenvalue weighted by molar-refractivity contribution is 5.95. The Balaban J connectivity index is 0.000000181. The number of aromatic hydroxyl groups is 1. The number of phenols is 1. The minimum Gasteiger partial charge on any atom is -0.507 e. The monoisotopic (exact) mass is 436 g/mol. The van der Waals surface area contributed by atoms with Crippen molar-refractivity contribution in [3.8, 4) is 5.75 Å². The van der Waals surface area contributed by atoms with E-state index in [-0.39, 0.29) is 28.8 Å². The molecule has 3 N–H and O–H groups in total. The minimum atomic E-state index is -0.555. The molecule has 2 aromatic heterocycles. The van der Waals surface area contributed by atoms with E-state index in [4.69, 9.17) is 0 Å². The molecule has 1 aliphatic carbocycles. The molecule has 1 atom stereocenters. The van der Waals surface area contributed by atoms with Gasteiger partial charge >= 0.3 is 0 Å². The van der Waals surface area contributed by atoms with E-state index in [0.717, 1.165) is 17.2 Å². The molecule has 0 amide bonds. The minimum absolute atomic E-state index is 0.0459. The molecule has 1 unspecified atom stereocenters. The van der Waals surface area contributed by atoms with E-state index >= 15 is 0 Å². The first kappa shape index (κ1) is 22.2. The highest BCUT2D eigenvalue weighted by atomic mass is 16.6. The number of nitro groups is 2. The maximum Gasteiger partial charge on any atom is 0.273 e. The van der Waals surface area contributed by atoms with Gasteiger partial charge in [0.15, 0.2) is 5.78 Å². The van der Waals surface area contributed by atoms with Crippen molar-refractivity contribution in [3.05, 3.63) is 116 Å². The van der Waals surface area contributed by atoms with E-state index in [9.17, 15) is 30.1 Å². The highest BCUT2D eigenvalue weighted by Crippen LogP contribution is 2.25. The van der Waals surface area contributed by atoms with Crippen LogP contribution in [0.5, 0.6) is 5.75 Å². The van der Waals surface area contributed by atoms with Crippen molar-refractivity contribution < 1.29 is 19.7 Å². The van der Waals surface area contributed by atoms with E-state index in [1.165, 1.54) is 18.2 Å². The van der Waals surface area contributed by atoms with Gasteiger partial charge in [-0.05, 0) is 41.3 Å². The summed E-state index contributed by atoms with van der Waals surface area (Å²) in [5.41, 5.74) is 2.46. The average molecular weight is 436 g/mol. The Hall–Kier alpha value is -4.47. The van der Waals surface area contributed by atoms with Gasteiger partial charge in [-0.15, -0.1) is 0 Å². The number of ketones is 1. The number of nitrogens with zero attached hydrogens (tertiary/aromatic N) is 2. The molecule has 0 bridgehead atoms. The van der Waals surface area contributed by atoms with Crippen molar-refractivity contribution in [1.29, 1.82) is 0 Å². The van der Waals surface area contributed by atoms with Crippen LogP contribution in [-0.2, 0) is 17.6 Å². The largest absolute Gasteiger partial charge is 0.507 e. The molecule has 0 saturated heterocycles. The third-order valence-electron chi connectivity index (χ3n) is 4.82. The van der Waals surface area contributed by atoms with E-state index in [1.807, 2.05) is 24.5 Å². The molecule has 10 nitrogen and oxygen atoms in total. The van der Waals surface area contributed by atoms with Crippen molar-refractivity contribution in [3.63, 3.8) is 0 Å². The first-order valence-corrected chi connectivity index (χ1v) is 9.61. The van der Waals surface area contributed by atoms with Crippen LogP contribution in [0.25, 0.3) is 0 Å². The molecule has 2 heterocycles. The molecule has 0 saturated carbocycles. The number of nitrogens with one attached hydrogen (secondary N) is 2. The first-order chi connectivity index (χ1) is 15.3. The summed E-state index contributed by atoms with van der Waals surface area (Å²) in [5, 5.41) is 30.5. The van der Waals surface area contributed by atoms with Crippen molar-refractivity contribution >= 4 is 11.5 Å². The molecule has 32 heavy (non-hydrogen) atoms. The Morgan fingerprint density at radius 2 is 1.66 bits per heavy atom. The van der Waals surface area contributed by atoms with Crippen molar-refractivity contribution in [1.82, 2.24) is 9.97 Å². The number of hydrogen-bond donors (Lipinski definition) is 3. The summed E-state index contributed by atoms with van der Waals surface area (Å²) in [7, 11) is 0. The second kappa shape index (κ2) is 10.0. The number of carbonyl (C=O) groups excluding carboxylic acids is 1. The Labute approximate surface area is 182 Å². The van der Waals surface area contributed by atoms with Crippen molar-refractivity contribution in [2.45, 2.75) is 12.8 Å². The molecule has 10 heteroatoms. The predicted octanol–water partition coefficient (Wildman–Crippen LogP) is 3.69. The van der Waals surface area contributed by atoms with E-state index < -0.39 is 9.85 Å². The number of aromatic amines is 2. The Kier molecular flexibility index (Phi) is 6.96. The number of carbonyl (C=O) groups is 1. The number of aromatic nitrogens is 2. The van der Waals surface area contributed by atoms with Gasteiger partial charge in [-0.1, -0.05) is 6.08 Å². The number of allylic oxidation sites excluding steroid dienone is 3. The molecule has 1 aliphatic rings. The molecular weight excluding hydrogens is 416 g/mol. The van der Waals surface area contributed by atoms with Crippen LogP contribution in [0.4, 0.5) is 5.69 Å². The maximum atomic E-state index is 11.6. The fraction of sp³-hybridized carbons (Fsp3) is 0.136. The van der Waals surface area contributed by atoms with Gasteiger partial charge in [0, 0.05) is 49.3 Å². The number of rotatable bonds is 6. The fourth-order valence-electron chi connectivity index (χ4n) is 3.14. The number of benzene rings is 1. The summed E-state index contributed by atoms with van der Waals surface area (Å²) in [5.74, 6) is -0.551. The SMILES string of the molecule is O=C1C=C([N+](=O)[O-])C=CC1Cc1cc[nH]c1.O=[N+]([O-])c1ccc(Cc2cc[nH]c2)c(O)c1. The van der Waals surface area contributed by atoms with Gasteiger partial charge in [-0.25, -0.2) is 0 Å². The van der Waals surface area contributed by atoms with Crippen LogP contribution in [-0.4, -0.2) is 30.7 Å². The molecule has 0 aliphatic heterocycles. The summed E-state index contributed by atoms with van der Waals surface area (Å²) in [4.78, 5) is 37.2. The molecule has 3 aromatic rings. The summed E-state index contributed by atoms with van der Waals surface area (Å²) in [6, 6.07) is 7.90. The lowest BCUT2D eigenvalue weighted by molar-refractivity contribution is -0.419. The number of phenolic OH excluding ortho intramolecular Hbond substituents is 1. The lowest BCUT2D eigenvalue weighted by Gasteiger charge is -2.10. The van der Waals surface area contributed by atoms with Crippen LogP contribution in [0.1, 0.15) is 16.7 Å². The Bertz CT molecular complexity index is 1160. The van der Waals surface area contributed by atoms with Crippen molar-refractivity contribution in [2.24, 2.45) is 5.92 Å². The van der Waals surface area contributed by atoms with Gasteiger partial charge in [0.25, 0.3) is 11.4 Å². The van der Waals surface area contributed by atoms with E-state index in [1.54, 1.807) is 24.5 Å². The van der Waals surface area contributed by atoms with Crippen LogP contribution in [0.3, 0.4) is 0 Å².